The van der Waals surface area contributed by atoms with Gasteiger partial charge in [-0.15, -0.1) is 0 Å². The molecule has 0 amide bonds. The molecule has 0 aliphatic heterocycles. The maximum Gasteiger partial charge on any atom is 0.281 e. The van der Waals surface area contributed by atoms with Crippen LogP contribution in [0.2, 0.25) is 0 Å². The standard InChI is InChI=1S/C16H15F2N3O2S/c1-4-11(9-19-2)16-20-14(15(17)18)10-21(16)12-5-7-13(8-6-12)24(3,22)23/h4-10,15H,1-2H2,3H3/b11-9+. The molecule has 0 aliphatic carbocycles. The predicted molar refractivity (Wildman–Crippen MR) is 89.4 cm³/mol. The number of benzene rings is 1. The summed E-state index contributed by atoms with van der Waals surface area (Å²) in [5.74, 6) is 0.208. The topological polar surface area (TPSA) is 64.3 Å². The van der Waals surface area contributed by atoms with E-state index < -0.39 is 22.0 Å². The molecule has 0 bridgehead atoms. The largest absolute Gasteiger partial charge is 0.299 e. The lowest BCUT2D eigenvalue weighted by molar-refractivity contribution is 0.146. The molecule has 0 aliphatic rings. The van der Waals surface area contributed by atoms with Crippen molar-refractivity contribution < 1.29 is 17.2 Å². The zero-order valence-electron chi connectivity index (χ0n) is 12.9. The Balaban J connectivity index is 2.62. The molecule has 0 saturated heterocycles. The summed E-state index contributed by atoms with van der Waals surface area (Å²) in [5, 5.41) is 0. The van der Waals surface area contributed by atoms with E-state index >= 15 is 0 Å². The van der Waals surface area contributed by atoms with Crippen LogP contribution in [-0.2, 0) is 9.84 Å². The Hall–Kier alpha value is -2.61. The average Bonchev–Trinajstić information content (AvgIpc) is 2.97. The molecule has 0 saturated carbocycles. The van der Waals surface area contributed by atoms with Crippen molar-refractivity contribution in [3.05, 3.63) is 60.8 Å². The Bertz CT molecular complexity index is 898. The first kappa shape index (κ1) is 17.7. The van der Waals surface area contributed by atoms with Gasteiger partial charge in [-0.1, -0.05) is 12.7 Å². The zero-order chi connectivity index (χ0) is 17.9. The second kappa shape index (κ2) is 6.88. The molecule has 0 N–H and O–H groups in total. The molecule has 126 valence electrons. The van der Waals surface area contributed by atoms with Gasteiger partial charge in [-0.2, -0.15) is 0 Å². The van der Waals surface area contributed by atoms with Gasteiger partial charge in [0.1, 0.15) is 11.5 Å². The molecule has 0 spiro atoms. The molecule has 5 nitrogen and oxygen atoms in total. The van der Waals surface area contributed by atoms with Crippen molar-refractivity contribution in [1.82, 2.24) is 9.55 Å². The number of halogens is 2. The Kier molecular flexibility index (Phi) is 5.08. The zero-order valence-corrected chi connectivity index (χ0v) is 13.7. The number of hydrogen-bond acceptors (Lipinski definition) is 4. The third kappa shape index (κ3) is 3.65. The quantitative estimate of drug-likeness (QED) is 0.591. The second-order valence-corrected chi connectivity index (χ2v) is 6.91. The number of imidazole rings is 1. The van der Waals surface area contributed by atoms with Gasteiger partial charge >= 0.3 is 0 Å². The molecule has 24 heavy (non-hydrogen) atoms. The molecule has 1 aromatic carbocycles. The van der Waals surface area contributed by atoms with Crippen molar-refractivity contribution in [2.75, 3.05) is 6.26 Å². The van der Waals surface area contributed by atoms with Crippen LogP contribution in [0.3, 0.4) is 0 Å². The lowest BCUT2D eigenvalue weighted by Crippen LogP contribution is -2.01. The van der Waals surface area contributed by atoms with E-state index in [9.17, 15) is 17.2 Å². The maximum absolute atomic E-state index is 13.0. The summed E-state index contributed by atoms with van der Waals surface area (Å²) in [4.78, 5) is 7.66. The molecule has 0 radical (unpaired) electrons. The van der Waals surface area contributed by atoms with E-state index in [0.717, 1.165) is 6.26 Å². The number of nitrogens with zero attached hydrogens (tertiary/aromatic N) is 3. The molecule has 2 aromatic rings. The number of allylic oxidation sites excluding steroid dienone is 2. The van der Waals surface area contributed by atoms with Crippen molar-refractivity contribution in [1.29, 1.82) is 0 Å². The van der Waals surface area contributed by atoms with Crippen LogP contribution in [0.25, 0.3) is 11.3 Å². The molecule has 2 rings (SSSR count). The number of rotatable bonds is 6. The van der Waals surface area contributed by atoms with Gasteiger partial charge < -0.3 is 0 Å². The minimum atomic E-state index is -3.35. The van der Waals surface area contributed by atoms with Crippen LogP contribution in [0.4, 0.5) is 8.78 Å². The van der Waals surface area contributed by atoms with Crippen LogP contribution in [0.1, 0.15) is 17.9 Å². The molecular weight excluding hydrogens is 336 g/mol. The molecular formula is C16H15F2N3O2S. The highest BCUT2D eigenvalue weighted by Gasteiger charge is 2.18. The van der Waals surface area contributed by atoms with Crippen LogP contribution in [0.5, 0.6) is 0 Å². The summed E-state index contributed by atoms with van der Waals surface area (Å²) in [5.41, 5.74) is 0.478. The second-order valence-electron chi connectivity index (χ2n) is 4.90. The lowest BCUT2D eigenvalue weighted by Gasteiger charge is -2.08. The van der Waals surface area contributed by atoms with E-state index in [-0.39, 0.29) is 10.7 Å². The van der Waals surface area contributed by atoms with Crippen LogP contribution in [0, 0.1) is 0 Å². The Morgan fingerprint density at radius 1 is 1.33 bits per heavy atom. The lowest BCUT2D eigenvalue weighted by atomic mass is 10.2. The minimum absolute atomic E-state index is 0.134. The average molecular weight is 351 g/mol. The van der Waals surface area contributed by atoms with Crippen molar-refractivity contribution in [3.8, 4) is 5.69 Å². The smallest absolute Gasteiger partial charge is 0.281 e. The summed E-state index contributed by atoms with van der Waals surface area (Å²) < 4.78 is 50.5. The summed E-state index contributed by atoms with van der Waals surface area (Å²) in [7, 11) is -3.35. The third-order valence-electron chi connectivity index (χ3n) is 3.20. The van der Waals surface area contributed by atoms with Gasteiger partial charge in [0.2, 0.25) is 0 Å². The van der Waals surface area contributed by atoms with E-state index in [1.165, 1.54) is 47.3 Å². The SMILES string of the molecule is C=C/C(=C\N=C)c1nc(C(F)F)cn1-c1ccc(S(C)(=O)=O)cc1. The number of aromatic nitrogens is 2. The predicted octanol–water partition coefficient (Wildman–Crippen LogP) is 3.44. The highest BCUT2D eigenvalue weighted by atomic mass is 32.2. The summed E-state index contributed by atoms with van der Waals surface area (Å²) in [6.07, 6.45) is 2.31. The van der Waals surface area contributed by atoms with E-state index in [1.54, 1.807) is 0 Å². The fourth-order valence-corrected chi connectivity index (χ4v) is 2.69. The van der Waals surface area contributed by atoms with Gasteiger partial charge in [-0.3, -0.25) is 9.56 Å². The fourth-order valence-electron chi connectivity index (χ4n) is 2.06. The first-order chi connectivity index (χ1) is 11.3. The van der Waals surface area contributed by atoms with Crippen LogP contribution >= 0.6 is 0 Å². The first-order valence-corrected chi connectivity index (χ1v) is 8.63. The fraction of sp³-hybridized carbons (Fsp3) is 0.125. The highest BCUT2D eigenvalue weighted by Crippen LogP contribution is 2.26. The molecule has 0 fully saturated rings. The molecule has 1 aromatic heterocycles. The Morgan fingerprint density at radius 3 is 2.42 bits per heavy atom. The van der Waals surface area contributed by atoms with Gasteiger partial charge in [0.05, 0.1) is 4.90 Å². The monoisotopic (exact) mass is 351 g/mol. The van der Waals surface area contributed by atoms with Gasteiger partial charge in [0.25, 0.3) is 6.43 Å². The van der Waals surface area contributed by atoms with E-state index in [2.05, 4.69) is 23.3 Å². The van der Waals surface area contributed by atoms with Crippen LogP contribution < -0.4 is 0 Å². The van der Waals surface area contributed by atoms with Crippen molar-refractivity contribution in [2.45, 2.75) is 11.3 Å². The van der Waals surface area contributed by atoms with E-state index in [4.69, 9.17) is 0 Å². The third-order valence-corrected chi connectivity index (χ3v) is 4.33. The number of sulfone groups is 1. The normalized spacial score (nSPS) is 12.4. The van der Waals surface area contributed by atoms with Gasteiger partial charge in [-0.25, -0.2) is 22.2 Å². The van der Waals surface area contributed by atoms with Gasteiger partial charge in [0, 0.05) is 29.9 Å². The van der Waals surface area contributed by atoms with Crippen LogP contribution in [-0.4, -0.2) is 30.9 Å². The van der Waals surface area contributed by atoms with Gasteiger partial charge in [0.15, 0.2) is 9.84 Å². The summed E-state index contributed by atoms with van der Waals surface area (Å²) in [6, 6.07) is 5.83. The minimum Gasteiger partial charge on any atom is -0.299 e. The summed E-state index contributed by atoms with van der Waals surface area (Å²) in [6.45, 7) is 6.95. The van der Waals surface area contributed by atoms with Crippen molar-refractivity contribution >= 4 is 22.1 Å². The Labute approximate surface area is 138 Å². The van der Waals surface area contributed by atoms with Crippen LogP contribution in [0.15, 0.2) is 59.2 Å². The van der Waals surface area contributed by atoms with E-state index in [0.29, 0.717) is 11.3 Å². The maximum atomic E-state index is 13.0. The number of aliphatic imine (C=N–C) groups is 1. The molecule has 8 heteroatoms. The number of hydrogen-bond donors (Lipinski definition) is 0. The number of alkyl halides is 2. The van der Waals surface area contributed by atoms with Crippen molar-refractivity contribution in [3.63, 3.8) is 0 Å². The van der Waals surface area contributed by atoms with E-state index in [1.807, 2.05) is 0 Å². The Morgan fingerprint density at radius 2 is 1.96 bits per heavy atom. The molecule has 0 atom stereocenters. The van der Waals surface area contributed by atoms with Crippen molar-refractivity contribution in [2.24, 2.45) is 4.99 Å². The first-order valence-electron chi connectivity index (χ1n) is 6.74. The van der Waals surface area contributed by atoms with Gasteiger partial charge in [-0.05, 0) is 31.0 Å². The molecule has 0 unspecified atom stereocenters. The molecule has 1 heterocycles. The highest BCUT2D eigenvalue weighted by molar-refractivity contribution is 7.90. The summed E-state index contributed by atoms with van der Waals surface area (Å²) >= 11 is 0.